The van der Waals surface area contributed by atoms with Crippen molar-refractivity contribution in [3.05, 3.63) is 15.1 Å². The lowest BCUT2D eigenvalue weighted by Crippen LogP contribution is -2.21. The van der Waals surface area contributed by atoms with Gasteiger partial charge in [-0.05, 0) is 29.0 Å². The van der Waals surface area contributed by atoms with Gasteiger partial charge >= 0.3 is 0 Å². The predicted molar refractivity (Wildman–Crippen MR) is 92.5 cm³/mol. The summed E-state index contributed by atoms with van der Waals surface area (Å²) in [6, 6.07) is 0. The minimum atomic E-state index is 0.00362. The van der Waals surface area contributed by atoms with Gasteiger partial charge in [0.05, 0.1) is 15.9 Å². The van der Waals surface area contributed by atoms with Gasteiger partial charge in [0.1, 0.15) is 11.6 Å². The first-order valence-corrected chi connectivity index (χ1v) is 8.19. The molecule has 1 atom stereocenters. The minimum Gasteiger partial charge on any atom is -0.384 e. The van der Waals surface area contributed by atoms with Gasteiger partial charge in [0, 0.05) is 25.0 Å². The van der Waals surface area contributed by atoms with Gasteiger partial charge in [0.15, 0.2) is 0 Å². The van der Waals surface area contributed by atoms with E-state index in [1.807, 2.05) is 0 Å². The second kappa shape index (κ2) is 7.54. The van der Waals surface area contributed by atoms with Crippen LogP contribution in [0.25, 0.3) is 0 Å². The van der Waals surface area contributed by atoms with Gasteiger partial charge in [-0.15, -0.1) is 0 Å². The van der Waals surface area contributed by atoms with Crippen molar-refractivity contribution in [1.29, 1.82) is 0 Å². The lowest BCUT2D eigenvalue weighted by molar-refractivity contribution is 0.181. The number of methoxy groups -OCH3 is 1. The van der Waals surface area contributed by atoms with E-state index in [2.05, 4.69) is 62.5 Å². The number of anilines is 1. The van der Waals surface area contributed by atoms with Crippen LogP contribution in [0, 0.1) is 3.57 Å². The van der Waals surface area contributed by atoms with Crippen molar-refractivity contribution in [3.8, 4) is 0 Å². The first-order chi connectivity index (χ1) is 9.31. The molecule has 5 heteroatoms. The summed E-state index contributed by atoms with van der Waals surface area (Å²) < 4.78 is 6.35. The molecule has 1 rings (SSSR count). The molecule has 4 nitrogen and oxygen atoms in total. The quantitative estimate of drug-likeness (QED) is 0.746. The highest BCUT2D eigenvalue weighted by Gasteiger charge is 2.24. The summed E-state index contributed by atoms with van der Waals surface area (Å²) in [5.74, 6) is 2.00. The molecule has 0 bridgehead atoms. The Morgan fingerprint density at radius 1 is 1.30 bits per heavy atom. The molecule has 0 saturated heterocycles. The zero-order valence-corrected chi connectivity index (χ0v) is 15.5. The summed E-state index contributed by atoms with van der Waals surface area (Å²) in [5, 5.41) is 3.41. The lowest BCUT2D eigenvalue weighted by atomic mass is 9.91. The molecular formula is C15H26IN3O. The molecule has 1 aromatic heterocycles. The molecule has 0 saturated carbocycles. The van der Waals surface area contributed by atoms with Gasteiger partial charge in [-0.2, -0.15) is 0 Å². The lowest BCUT2D eigenvalue weighted by Gasteiger charge is -2.23. The van der Waals surface area contributed by atoms with Gasteiger partial charge in [-0.3, -0.25) is 0 Å². The van der Waals surface area contributed by atoms with E-state index in [1.165, 1.54) is 0 Å². The molecule has 0 spiro atoms. The monoisotopic (exact) mass is 391 g/mol. The van der Waals surface area contributed by atoms with Crippen LogP contribution in [0.15, 0.2) is 0 Å². The summed E-state index contributed by atoms with van der Waals surface area (Å²) in [4.78, 5) is 9.48. The normalized spacial score (nSPS) is 13.3. The number of hydrogen-bond acceptors (Lipinski definition) is 4. The van der Waals surface area contributed by atoms with Crippen LogP contribution in [-0.2, 0) is 10.2 Å². The summed E-state index contributed by atoms with van der Waals surface area (Å²) >= 11 is 2.35. The summed E-state index contributed by atoms with van der Waals surface area (Å²) in [6.07, 6.45) is 1.08. The standard InChI is InChI=1S/C15H26IN3O/c1-7-8-17-14-11(16)12(15(3,4)5)18-13(19-14)10(2)9-20-6/h10H,7-9H2,1-6H3,(H,17,18,19). The predicted octanol–water partition coefficient (Wildman–Crippen LogP) is 3.95. The molecule has 0 aliphatic heterocycles. The first-order valence-electron chi connectivity index (χ1n) is 7.12. The molecule has 0 aliphatic carbocycles. The Morgan fingerprint density at radius 3 is 2.45 bits per heavy atom. The Kier molecular flexibility index (Phi) is 6.64. The van der Waals surface area contributed by atoms with E-state index in [-0.39, 0.29) is 11.3 Å². The topological polar surface area (TPSA) is 47.0 Å². The summed E-state index contributed by atoms with van der Waals surface area (Å²) in [6.45, 7) is 12.4. The Labute approximate surface area is 136 Å². The largest absolute Gasteiger partial charge is 0.384 e. The number of halogens is 1. The number of ether oxygens (including phenoxy) is 1. The average molecular weight is 391 g/mol. The van der Waals surface area contributed by atoms with Crippen molar-refractivity contribution in [2.75, 3.05) is 25.6 Å². The van der Waals surface area contributed by atoms with Crippen molar-refractivity contribution in [1.82, 2.24) is 9.97 Å². The summed E-state index contributed by atoms with van der Waals surface area (Å²) in [7, 11) is 1.71. The van der Waals surface area contributed by atoms with Gasteiger partial charge in [0.2, 0.25) is 0 Å². The van der Waals surface area contributed by atoms with Gasteiger partial charge < -0.3 is 10.1 Å². The average Bonchev–Trinajstić information content (AvgIpc) is 2.36. The van der Waals surface area contributed by atoms with E-state index in [4.69, 9.17) is 14.7 Å². The van der Waals surface area contributed by atoms with Crippen LogP contribution in [0.1, 0.15) is 58.5 Å². The van der Waals surface area contributed by atoms with E-state index in [0.29, 0.717) is 6.61 Å². The second-order valence-corrected chi connectivity index (χ2v) is 7.20. The molecule has 0 aliphatic rings. The molecule has 0 radical (unpaired) electrons. The number of nitrogens with one attached hydrogen (secondary N) is 1. The maximum absolute atomic E-state index is 5.23. The number of nitrogens with zero attached hydrogens (tertiary/aromatic N) is 2. The van der Waals surface area contributed by atoms with Crippen molar-refractivity contribution >= 4 is 28.4 Å². The SMILES string of the molecule is CCCNc1nc(C(C)COC)nc(C(C)(C)C)c1I. The molecule has 0 amide bonds. The fourth-order valence-electron chi connectivity index (χ4n) is 1.87. The molecule has 1 heterocycles. The van der Waals surface area contributed by atoms with Crippen LogP contribution in [-0.4, -0.2) is 30.2 Å². The molecule has 0 aromatic carbocycles. The third-order valence-electron chi connectivity index (χ3n) is 2.98. The molecule has 1 aromatic rings. The third kappa shape index (κ3) is 4.55. The number of aromatic nitrogens is 2. The number of rotatable bonds is 6. The highest BCUT2D eigenvalue weighted by molar-refractivity contribution is 14.1. The van der Waals surface area contributed by atoms with Crippen molar-refractivity contribution in [2.45, 2.75) is 52.4 Å². The third-order valence-corrected chi connectivity index (χ3v) is 4.00. The van der Waals surface area contributed by atoms with Crippen LogP contribution in [0.3, 0.4) is 0 Å². The van der Waals surface area contributed by atoms with E-state index in [9.17, 15) is 0 Å². The molecule has 0 fully saturated rings. The van der Waals surface area contributed by atoms with Crippen molar-refractivity contribution in [2.24, 2.45) is 0 Å². The van der Waals surface area contributed by atoms with Gasteiger partial charge in [-0.25, -0.2) is 9.97 Å². The zero-order chi connectivity index (χ0) is 15.3. The van der Waals surface area contributed by atoms with E-state index in [0.717, 1.165) is 33.9 Å². The van der Waals surface area contributed by atoms with Crippen molar-refractivity contribution in [3.63, 3.8) is 0 Å². The maximum atomic E-state index is 5.23. The van der Waals surface area contributed by atoms with Gasteiger partial charge in [-0.1, -0.05) is 34.6 Å². The van der Waals surface area contributed by atoms with Crippen LogP contribution in [0.5, 0.6) is 0 Å². The van der Waals surface area contributed by atoms with Crippen LogP contribution >= 0.6 is 22.6 Å². The van der Waals surface area contributed by atoms with Crippen molar-refractivity contribution < 1.29 is 4.74 Å². The highest BCUT2D eigenvalue weighted by Crippen LogP contribution is 2.30. The molecule has 20 heavy (non-hydrogen) atoms. The zero-order valence-electron chi connectivity index (χ0n) is 13.4. The number of hydrogen-bond donors (Lipinski definition) is 1. The van der Waals surface area contributed by atoms with Crippen LogP contribution in [0.4, 0.5) is 5.82 Å². The summed E-state index contributed by atoms with van der Waals surface area (Å²) in [5.41, 5.74) is 1.11. The van der Waals surface area contributed by atoms with E-state index in [1.54, 1.807) is 7.11 Å². The molecule has 1 unspecified atom stereocenters. The van der Waals surface area contributed by atoms with E-state index < -0.39 is 0 Å². The minimum absolute atomic E-state index is 0.00362. The van der Waals surface area contributed by atoms with E-state index >= 15 is 0 Å². The second-order valence-electron chi connectivity index (χ2n) is 6.13. The molecular weight excluding hydrogens is 365 g/mol. The van der Waals surface area contributed by atoms with Gasteiger partial charge in [0.25, 0.3) is 0 Å². The molecule has 1 N–H and O–H groups in total. The Bertz CT molecular complexity index is 443. The fourth-order valence-corrected chi connectivity index (χ4v) is 3.11. The fraction of sp³-hybridized carbons (Fsp3) is 0.733. The molecule has 114 valence electrons. The van der Waals surface area contributed by atoms with Crippen LogP contribution < -0.4 is 5.32 Å². The smallest absolute Gasteiger partial charge is 0.143 e. The van der Waals surface area contributed by atoms with Crippen LogP contribution in [0.2, 0.25) is 0 Å². The first kappa shape index (κ1) is 17.6. The Balaban J connectivity index is 3.26. The maximum Gasteiger partial charge on any atom is 0.143 e. The Hall–Kier alpha value is -0.430. The highest BCUT2D eigenvalue weighted by atomic mass is 127. The Morgan fingerprint density at radius 2 is 1.95 bits per heavy atom.